The Hall–Kier alpha value is -1.39. The van der Waals surface area contributed by atoms with Crippen molar-refractivity contribution in [1.29, 1.82) is 0 Å². The molecule has 1 amide bonds. The Labute approximate surface area is 109 Å². The number of methoxy groups -OCH3 is 1. The summed E-state index contributed by atoms with van der Waals surface area (Å²) in [5, 5.41) is 2.93. The molecule has 4 heteroatoms. The predicted molar refractivity (Wildman–Crippen MR) is 72.3 cm³/mol. The van der Waals surface area contributed by atoms with Gasteiger partial charge in [-0.15, -0.1) is 0 Å². The normalized spacial score (nSPS) is 13.9. The molecular formula is C14H22N2O2. The molecule has 18 heavy (non-hydrogen) atoms. The van der Waals surface area contributed by atoms with Gasteiger partial charge < -0.3 is 15.8 Å². The minimum absolute atomic E-state index is 0.0104. The topological polar surface area (TPSA) is 64.4 Å². The first-order valence-corrected chi connectivity index (χ1v) is 6.27. The zero-order valence-corrected chi connectivity index (χ0v) is 11.1. The van der Waals surface area contributed by atoms with Gasteiger partial charge >= 0.3 is 0 Å². The van der Waals surface area contributed by atoms with Crippen LogP contribution in [0.25, 0.3) is 0 Å². The van der Waals surface area contributed by atoms with Gasteiger partial charge in [0.05, 0.1) is 18.6 Å². The Morgan fingerprint density at radius 3 is 2.56 bits per heavy atom. The Kier molecular flexibility index (Phi) is 6.39. The predicted octanol–water partition coefficient (Wildman–Crippen LogP) is 1.27. The second-order valence-electron chi connectivity index (χ2n) is 4.27. The van der Waals surface area contributed by atoms with E-state index in [9.17, 15) is 4.79 Å². The smallest absolute Gasteiger partial charge is 0.227 e. The molecule has 0 radical (unpaired) electrons. The molecule has 1 rings (SSSR count). The highest BCUT2D eigenvalue weighted by Crippen LogP contribution is 2.19. The van der Waals surface area contributed by atoms with E-state index in [-0.39, 0.29) is 17.9 Å². The summed E-state index contributed by atoms with van der Waals surface area (Å²) < 4.78 is 5.02. The fourth-order valence-electron chi connectivity index (χ4n) is 1.93. The number of nitrogens with two attached hydrogens (primary N) is 1. The highest BCUT2D eigenvalue weighted by Gasteiger charge is 2.20. The average Bonchev–Trinajstić information content (AvgIpc) is 2.40. The molecular weight excluding hydrogens is 228 g/mol. The van der Waals surface area contributed by atoms with Crippen LogP contribution in [0.15, 0.2) is 30.3 Å². The molecule has 2 unspecified atom stereocenters. The third-order valence-electron chi connectivity index (χ3n) is 2.93. The molecule has 1 aromatic rings. The van der Waals surface area contributed by atoms with Crippen molar-refractivity contribution in [2.24, 2.45) is 5.73 Å². The summed E-state index contributed by atoms with van der Waals surface area (Å²) in [5.41, 5.74) is 6.63. The van der Waals surface area contributed by atoms with Gasteiger partial charge in [0.2, 0.25) is 5.91 Å². The van der Waals surface area contributed by atoms with Crippen molar-refractivity contribution in [3.63, 3.8) is 0 Å². The number of rotatable bonds is 7. The van der Waals surface area contributed by atoms with Crippen molar-refractivity contribution in [2.75, 3.05) is 20.3 Å². The van der Waals surface area contributed by atoms with E-state index in [1.807, 2.05) is 37.3 Å². The maximum atomic E-state index is 12.2. The Morgan fingerprint density at radius 2 is 2.06 bits per heavy atom. The van der Waals surface area contributed by atoms with Crippen LogP contribution in [-0.4, -0.2) is 32.2 Å². The second-order valence-corrected chi connectivity index (χ2v) is 4.27. The maximum Gasteiger partial charge on any atom is 0.227 e. The lowest BCUT2D eigenvalue weighted by Gasteiger charge is -2.20. The minimum atomic E-state index is -0.128. The number of benzene rings is 1. The molecule has 0 saturated carbocycles. The average molecular weight is 250 g/mol. The van der Waals surface area contributed by atoms with Crippen LogP contribution in [0.3, 0.4) is 0 Å². The highest BCUT2D eigenvalue weighted by atomic mass is 16.5. The third-order valence-corrected chi connectivity index (χ3v) is 2.93. The van der Waals surface area contributed by atoms with Gasteiger partial charge in [0.1, 0.15) is 0 Å². The van der Waals surface area contributed by atoms with Crippen molar-refractivity contribution in [3.8, 4) is 0 Å². The van der Waals surface area contributed by atoms with Crippen LogP contribution in [0, 0.1) is 0 Å². The molecule has 3 N–H and O–H groups in total. The number of hydrogen-bond acceptors (Lipinski definition) is 3. The van der Waals surface area contributed by atoms with Gasteiger partial charge in [0.25, 0.3) is 0 Å². The fraction of sp³-hybridized carbons (Fsp3) is 0.500. The van der Waals surface area contributed by atoms with Crippen LogP contribution in [-0.2, 0) is 9.53 Å². The lowest BCUT2D eigenvalue weighted by Crippen LogP contribution is -2.45. The number of carbonyl (C=O) groups is 1. The van der Waals surface area contributed by atoms with Crippen molar-refractivity contribution >= 4 is 5.91 Å². The quantitative estimate of drug-likeness (QED) is 0.766. The van der Waals surface area contributed by atoms with Gasteiger partial charge in [-0.25, -0.2) is 0 Å². The fourth-order valence-corrected chi connectivity index (χ4v) is 1.93. The van der Waals surface area contributed by atoms with E-state index >= 15 is 0 Å². The highest BCUT2D eigenvalue weighted by molar-refractivity contribution is 5.83. The Balaban J connectivity index is 2.68. The van der Waals surface area contributed by atoms with Crippen LogP contribution < -0.4 is 11.1 Å². The van der Waals surface area contributed by atoms with Gasteiger partial charge in [-0.05, 0) is 12.0 Å². The molecule has 0 aliphatic rings. The van der Waals surface area contributed by atoms with Crippen molar-refractivity contribution in [2.45, 2.75) is 25.3 Å². The first-order valence-electron chi connectivity index (χ1n) is 6.27. The monoisotopic (exact) mass is 250 g/mol. The van der Waals surface area contributed by atoms with E-state index < -0.39 is 0 Å². The van der Waals surface area contributed by atoms with Gasteiger partial charge in [0, 0.05) is 13.7 Å². The zero-order chi connectivity index (χ0) is 13.4. The summed E-state index contributed by atoms with van der Waals surface area (Å²) in [5.74, 6) is -0.117. The SMILES string of the molecule is CCC(C(=O)NC(CN)COC)c1ccccc1. The van der Waals surface area contributed by atoms with Crippen LogP contribution in [0.5, 0.6) is 0 Å². The standard InChI is InChI=1S/C14H22N2O2/c1-3-13(11-7-5-4-6-8-11)14(17)16-12(9-15)10-18-2/h4-8,12-13H,3,9-10,15H2,1-2H3,(H,16,17). The first kappa shape index (κ1) is 14.7. The Morgan fingerprint density at radius 1 is 1.39 bits per heavy atom. The van der Waals surface area contributed by atoms with E-state index in [4.69, 9.17) is 10.5 Å². The van der Waals surface area contributed by atoms with Gasteiger partial charge in [0.15, 0.2) is 0 Å². The number of hydrogen-bond donors (Lipinski definition) is 2. The maximum absolute atomic E-state index is 12.2. The van der Waals surface area contributed by atoms with E-state index in [0.29, 0.717) is 13.2 Å². The van der Waals surface area contributed by atoms with Gasteiger partial charge in [-0.1, -0.05) is 37.3 Å². The van der Waals surface area contributed by atoms with Crippen LogP contribution in [0.4, 0.5) is 0 Å². The van der Waals surface area contributed by atoms with Crippen molar-refractivity contribution in [1.82, 2.24) is 5.32 Å². The van der Waals surface area contributed by atoms with Gasteiger partial charge in [-0.2, -0.15) is 0 Å². The summed E-state index contributed by atoms with van der Waals surface area (Å²) in [7, 11) is 1.60. The molecule has 0 aliphatic carbocycles. The summed E-state index contributed by atoms with van der Waals surface area (Å²) >= 11 is 0. The largest absolute Gasteiger partial charge is 0.383 e. The molecule has 0 bridgehead atoms. The van der Waals surface area contributed by atoms with E-state index in [1.165, 1.54) is 0 Å². The van der Waals surface area contributed by atoms with Crippen LogP contribution in [0.1, 0.15) is 24.8 Å². The lowest BCUT2D eigenvalue weighted by atomic mass is 9.95. The zero-order valence-electron chi connectivity index (χ0n) is 11.1. The van der Waals surface area contributed by atoms with E-state index in [1.54, 1.807) is 7.11 Å². The molecule has 1 aromatic carbocycles. The first-order chi connectivity index (χ1) is 8.72. The summed E-state index contributed by atoms with van der Waals surface area (Å²) in [6.07, 6.45) is 0.764. The molecule has 0 aliphatic heterocycles. The Bertz CT molecular complexity index is 354. The van der Waals surface area contributed by atoms with Crippen LogP contribution >= 0.6 is 0 Å². The molecule has 4 nitrogen and oxygen atoms in total. The van der Waals surface area contributed by atoms with Gasteiger partial charge in [-0.3, -0.25) is 4.79 Å². The summed E-state index contributed by atoms with van der Waals surface area (Å²) in [4.78, 5) is 12.2. The molecule has 0 spiro atoms. The minimum Gasteiger partial charge on any atom is -0.383 e. The van der Waals surface area contributed by atoms with E-state index in [2.05, 4.69) is 5.32 Å². The summed E-state index contributed by atoms with van der Waals surface area (Å²) in [6, 6.07) is 9.66. The molecule has 100 valence electrons. The summed E-state index contributed by atoms with van der Waals surface area (Å²) in [6.45, 7) is 2.82. The van der Waals surface area contributed by atoms with Crippen molar-refractivity contribution < 1.29 is 9.53 Å². The number of ether oxygens (including phenoxy) is 1. The lowest BCUT2D eigenvalue weighted by molar-refractivity contribution is -0.123. The number of nitrogens with one attached hydrogen (secondary N) is 1. The number of carbonyl (C=O) groups excluding carboxylic acids is 1. The molecule has 0 fully saturated rings. The van der Waals surface area contributed by atoms with Crippen LogP contribution in [0.2, 0.25) is 0 Å². The molecule has 2 atom stereocenters. The molecule has 0 aromatic heterocycles. The van der Waals surface area contributed by atoms with Crippen molar-refractivity contribution in [3.05, 3.63) is 35.9 Å². The number of amides is 1. The third kappa shape index (κ3) is 4.13. The molecule has 0 saturated heterocycles. The second kappa shape index (κ2) is 7.84. The van der Waals surface area contributed by atoms with E-state index in [0.717, 1.165) is 12.0 Å². The molecule has 0 heterocycles.